The first-order valence-corrected chi connectivity index (χ1v) is 10.4. The van der Waals surface area contributed by atoms with E-state index < -0.39 is 27.7 Å². The third-order valence-corrected chi connectivity index (χ3v) is 5.02. The molecule has 1 unspecified atom stereocenters. The first-order chi connectivity index (χ1) is 14.2. The van der Waals surface area contributed by atoms with Crippen LogP contribution in [-0.2, 0) is 14.6 Å². The zero-order valence-corrected chi connectivity index (χ0v) is 17.9. The Bertz CT molecular complexity index is 1040. The molecule has 12 heteroatoms. The summed E-state index contributed by atoms with van der Waals surface area (Å²) in [6.45, 7) is -0.423. The third kappa shape index (κ3) is 4.70. The monoisotopic (exact) mass is 438 g/mol. The number of aliphatic hydroxyl groups excluding tert-OH is 1. The second-order valence-electron chi connectivity index (χ2n) is 5.93. The lowest BCUT2D eigenvalue weighted by Crippen LogP contribution is -2.27. The lowest BCUT2D eigenvalue weighted by molar-refractivity contribution is 0.0680. The van der Waals surface area contributed by atoms with E-state index in [1.807, 2.05) is 6.07 Å². The molecule has 1 aromatic carbocycles. The molecule has 162 valence electrons. The van der Waals surface area contributed by atoms with Crippen molar-refractivity contribution in [3.8, 4) is 34.6 Å². The highest BCUT2D eigenvalue weighted by molar-refractivity contribution is 7.90. The van der Waals surface area contributed by atoms with Gasteiger partial charge in [-0.05, 0) is 12.1 Å². The molecule has 0 spiro atoms. The summed E-state index contributed by atoms with van der Waals surface area (Å²) in [5, 5.41) is 21.2. The zero-order chi connectivity index (χ0) is 22.5. The summed E-state index contributed by atoms with van der Waals surface area (Å²) in [4.78, 5) is 8.22. The lowest BCUT2D eigenvalue weighted by atomic mass is 10.1. The van der Waals surface area contributed by atoms with Crippen LogP contribution in [0.1, 0.15) is 5.56 Å². The van der Waals surface area contributed by atoms with Crippen molar-refractivity contribution in [2.75, 3.05) is 46.6 Å². The van der Waals surface area contributed by atoms with Gasteiger partial charge in [-0.15, -0.1) is 0 Å². The SMILES string of the molecule is COc1cc(-c2nc(NC(CO)OC)nc(S(C)(=O)=O)c2C#N)cc(OC)c1OC. The normalized spacial score (nSPS) is 12.0. The molecule has 2 N–H and O–H groups in total. The Morgan fingerprint density at radius 3 is 2.13 bits per heavy atom. The molecule has 1 heterocycles. The van der Waals surface area contributed by atoms with Gasteiger partial charge in [-0.3, -0.25) is 0 Å². The third-order valence-electron chi connectivity index (χ3n) is 4.02. The van der Waals surface area contributed by atoms with E-state index in [1.54, 1.807) is 0 Å². The number of nitrogens with zero attached hydrogens (tertiary/aromatic N) is 3. The van der Waals surface area contributed by atoms with Gasteiger partial charge in [0.2, 0.25) is 11.7 Å². The minimum Gasteiger partial charge on any atom is -0.493 e. The summed E-state index contributed by atoms with van der Waals surface area (Å²) in [6.07, 6.45) is 0.0387. The molecule has 1 atom stereocenters. The van der Waals surface area contributed by atoms with E-state index in [4.69, 9.17) is 18.9 Å². The van der Waals surface area contributed by atoms with Crippen LogP contribution in [0.25, 0.3) is 11.3 Å². The number of hydrogen-bond donors (Lipinski definition) is 2. The van der Waals surface area contributed by atoms with Crippen molar-refractivity contribution in [3.05, 3.63) is 17.7 Å². The summed E-state index contributed by atoms with van der Waals surface area (Å²) >= 11 is 0. The van der Waals surface area contributed by atoms with Crippen molar-refractivity contribution in [2.45, 2.75) is 11.3 Å². The van der Waals surface area contributed by atoms with Crippen molar-refractivity contribution in [1.82, 2.24) is 9.97 Å². The predicted molar refractivity (Wildman–Crippen MR) is 106 cm³/mol. The number of aromatic nitrogens is 2. The number of ether oxygens (including phenoxy) is 4. The highest BCUT2D eigenvalue weighted by Gasteiger charge is 2.25. The molecule has 0 fully saturated rings. The van der Waals surface area contributed by atoms with Gasteiger partial charge in [0.05, 0.1) is 33.6 Å². The van der Waals surface area contributed by atoms with Gasteiger partial charge in [0.1, 0.15) is 11.6 Å². The molecule has 2 aromatic rings. The number of benzene rings is 1. The zero-order valence-electron chi connectivity index (χ0n) is 17.1. The minimum atomic E-state index is -3.90. The maximum atomic E-state index is 12.3. The van der Waals surface area contributed by atoms with Crippen LogP contribution < -0.4 is 19.5 Å². The van der Waals surface area contributed by atoms with Crippen molar-refractivity contribution < 1.29 is 32.5 Å². The number of aliphatic hydroxyl groups is 1. The van der Waals surface area contributed by atoms with E-state index in [9.17, 15) is 18.8 Å². The van der Waals surface area contributed by atoms with Crippen molar-refractivity contribution in [1.29, 1.82) is 5.26 Å². The Kier molecular flexibility index (Phi) is 7.38. The molecule has 0 aliphatic heterocycles. The van der Waals surface area contributed by atoms with Crippen LogP contribution in [0.4, 0.5) is 5.95 Å². The minimum absolute atomic E-state index is 0.0162. The Morgan fingerprint density at radius 2 is 1.73 bits per heavy atom. The smallest absolute Gasteiger partial charge is 0.226 e. The van der Waals surface area contributed by atoms with Crippen molar-refractivity contribution in [2.24, 2.45) is 0 Å². The molecule has 0 amide bonds. The summed E-state index contributed by atoms with van der Waals surface area (Å²) in [7, 11) is 1.73. The lowest BCUT2D eigenvalue weighted by Gasteiger charge is -2.18. The molecule has 30 heavy (non-hydrogen) atoms. The fourth-order valence-corrected chi connectivity index (χ4v) is 3.39. The van der Waals surface area contributed by atoms with Crippen molar-refractivity contribution >= 4 is 15.8 Å². The molecule has 0 bridgehead atoms. The van der Waals surface area contributed by atoms with Gasteiger partial charge >= 0.3 is 0 Å². The Balaban J connectivity index is 2.85. The van der Waals surface area contributed by atoms with Crippen molar-refractivity contribution in [3.63, 3.8) is 0 Å². The summed E-state index contributed by atoms with van der Waals surface area (Å²) in [5.41, 5.74) is 0.0899. The van der Waals surface area contributed by atoms with Crippen LogP contribution in [0.5, 0.6) is 17.2 Å². The average molecular weight is 438 g/mol. The predicted octanol–water partition coefficient (Wildman–Crippen LogP) is 0.821. The highest BCUT2D eigenvalue weighted by atomic mass is 32.2. The van der Waals surface area contributed by atoms with Gasteiger partial charge in [-0.25, -0.2) is 13.4 Å². The molecular formula is C18H22N4O7S. The first kappa shape index (κ1) is 23.1. The van der Waals surface area contributed by atoms with E-state index in [0.717, 1.165) is 6.26 Å². The van der Waals surface area contributed by atoms with E-state index >= 15 is 0 Å². The van der Waals surface area contributed by atoms with E-state index in [1.165, 1.54) is 40.6 Å². The quantitative estimate of drug-likeness (QED) is 0.422. The maximum absolute atomic E-state index is 12.3. The Hall–Kier alpha value is -3.14. The largest absolute Gasteiger partial charge is 0.493 e. The molecule has 0 saturated carbocycles. The number of methoxy groups -OCH3 is 4. The van der Waals surface area contributed by atoms with E-state index in [-0.39, 0.29) is 28.7 Å². The van der Waals surface area contributed by atoms with Gasteiger partial charge in [0, 0.05) is 18.9 Å². The summed E-state index contributed by atoms with van der Waals surface area (Å²) < 4.78 is 45.6. The second-order valence-corrected chi connectivity index (χ2v) is 7.86. The number of rotatable bonds is 9. The van der Waals surface area contributed by atoms with Crippen LogP contribution in [0.2, 0.25) is 0 Å². The number of hydrogen-bond acceptors (Lipinski definition) is 11. The Morgan fingerprint density at radius 1 is 1.13 bits per heavy atom. The van der Waals surface area contributed by atoms with Crippen LogP contribution in [0.3, 0.4) is 0 Å². The number of sulfone groups is 1. The topological polar surface area (TPSA) is 153 Å². The molecule has 0 aliphatic carbocycles. The van der Waals surface area contributed by atoms with E-state index in [0.29, 0.717) is 11.3 Å². The number of nitriles is 1. The van der Waals surface area contributed by atoms with Crippen LogP contribution in [-0.4, -0.2) is 71.0 Å². The summed E-state index contributed by atoms with van der Waals surface area (Å²) in [6, 6.07) is 4.91. The Labute approximate surface area is 174 Å². The fourth-order valence-electron chi connectivity index (χ4n) is 2.62. The molecular weight excluding hydrogens is 416 g/mol. The van der Waals surface area contributed by atoms with Gasteiger partial charge in [-0.2, -0.15) is 10.2 Å². The van der Waals surface area contributed by atoms with E-state index in [2.05, 4.69) is 15.3 Å². The molecule has 2 rings (SSSR count). The average Bonchev–Trinajstić information content (AvgIpc) is 2.74. The van der Waals surface area contributed by atoms with Gasteiger partial charge in [0.15, 0.2) is 32.6 Å². The van der Waals surface area contributed by atoms with Crippen LogP contribution in [0, 0.1) is 11.3 Å². The number of anilines is 1. The molecule has 0 radical (unpaired) electrons. The van der Waals surface area contributed by atoms with Gasteiger partial charge in [-0.1, -0.05) is 0 Å². The van der Waals surface area contributed by atoms with Gasteiger partial charge in [0.25, 0.3) is 0 Å². The molecule has 0 aliphatic rings. The fraction of sp³-hybridized carbons (Fsp3) is 0.389. The molecule has 0 saturated heterocycles. The highest BCUT2D eigenvalue weighted by Crippen LogP contribution is 2.42. The standard InChI is InChI=1S/C18H22N4O7S/c1-26-12-6-10(7-13(27-2)16(12)29-4)15-11(8-19)17(30(5,24)25)22-18(21-15)20-14(9-23)28-3/h6-7,14,23H,9H2,1-5H3,(H,20,21,22). The summed E-state index contributed by atoms with van der Waals surface area (Å²) in [5.74, 6) is 0.738. The first-order valence-electron chi connectivity index (χ1n) is 8.46. The maximum Gasteiger partial charge on any atom is 0.226 e. The molecule has 1 aromatic heterocycles. The molecule has 11 nitrogen and oxygen atoms in total. The van der Waals surface area contributed by atoms with Crippen LogP contribution >= 0.6 is 0 Å². The number of nitrogens with one attached hydrogen (secondary N) is 1. The van der Waals surface area contributed by atoms with Gasteiger partial charge < -0.3 is 29.4 Å². The second kappa shape index (κ2) is 9.57. The van der Waals surface area contributed by atoms with Crippen LogP contribution in [0.15, 0.2) is 17.2 Å².